The molecule has 0 aliphatic carbocycles. The summed E-state index contributed by atoms with van der Waals surface area (Å²) in [6, 6.07) is 11.9. The quantitative estimate of drug-likeness (QED) is 0.640. The Morgan fingerprint density at radius 2 is 1.77 bits per heavy atom. The molecule has 0 atom stereocenters. The zero-order valence-electron chi connectivity index (χ0n) is 13.6. The summed E-state index contributed by atoms with van der Waals surface area (Å²) < 4.78 is 13.0. The molecule has 0 bridgehead atoms. The summed E-state index contributed by atoms with van der Waals surface area (Å²) in [6.07, 6.45) is 0. The molecule has 3 rings (SSSR count). The summed E-state index contributed by atoms with van der Waals surface area (Å²) in [5.74, 6) is -0.00473. The number of rotatable bonds is 4. The molecule has 26 heavy (non-hydrogen) atoms. The van der Waals surface area contributed by atoms with Crippen LogP contribution >= 0.6 is 23.2 Å². The van der Waals surface area contributed by atoms with Crippen LogP contribution in [0.15, 0.2) is 48.5 Å². The molecule has 0 aliphatic rings. The van der Waals surface area contributed by atoms with E-state index in [4.69, 9.17) is 23.2 Å². The fourth-order valence-corrected chi connectivity index (χ4v) is 2.66. The van der Waals surface area contributed by atoms with Gasteiger partial charge >= 0.3 is 0 Å². The van der Waals surface area contributed by atoms with Gasteiger partial charge in [0.05, 0.1) is 10.7 Å². The Hall–Kier alpha value is -2.70. The maximum absolute atomic E-state index is 13.0. The van der Waals surface area contributed by atoms with Gasteiger partial charge in [0.25, 0.3) is 5.91 Å². The lowest BCUT2D eigenvalue weighted by molar-refractivity contribution is 0.102. The minimum absolute atomic E-state index is 0.161. The van der Waals surface area contributed by atoms with Crippen molar-refractivity contribution in [2.75, 3.05) is 10.6 Å². The topological polar surface area (TPSA) is 66.9 Å². The lowest BCUT2D eigenvalue weighted by Gasteiger charge is -2.10. The third-order valence-corrected chi connectivity index (χ3v) is 3.91. The van der Waals surface area contributed by atoms with Crippen molar-refractivity contribution in [3.05, 3.63) is 75.9 Å². The number of anilines is 3. The summed E-state index contributed by atoms with van der Waals surface area (Å²) in [6.45, 7) is 1.67. The first kappa shape index (κ1) is 18.1. The first-order chi connectivity index (χ1) is 12.4. The van der Waals surface area contributed by atoms with E-state index in [1.807, 2.05) is 0 Å². The van der Waals surface area contributed by atoms with Gasteiger partial charge in [0.15, 0.2) is 0 Å². The Morgan fingerprint density at radius 3 is 2.46 bits per heavy atom. The molecule has 0 spiro atoms. The minimum Gasteiger partial charge on any atom is -0.339 e. The normalized spacial score (nSPS) is 10.5. The highest BCUT2D eigenvalue weighted by molar-refractivity contribution is 6.36. The number of nitrogens with zero attached hydrogens (tertiary/aromatic N) is 2. The zero-order chi connectivity index (χ0) is 18.7. The number of carbonyl (C=O) groups is 1. The van der Waals surface area contributed by atoms with Crippen LogP contribution in [0.1, 0.15) is 16.3 Å². The van der Waals surface area contributed by atoms with Crippen LogP contribution in [0.4, 0.5) is 21.6 Å². The van der Waals surface area contributed by atoms with E-state index in [0.717, 1.165) is 0 Å². The van der Waals surface area contributed by atoms with Gasteiger partial charge in [0.2, 0.25) is 0 Å². The number of halogens is 3. The molecule has 2 N–H and O–H groups in total. The summed E-state index contributed by atoms with van der Waals surface area (Å²) in [5, 5.41) is 6.63. The van der Waals surface area contributed by atoms with E-state index < -0.39 is 5.91 Å². The number of hydrogen-bond acceptors (Lipinski definition) is 4. The Kier molecular flexibility index (Phi) is 5.35. The highest BCUT2D eigenvalue weighted by Crippen LogP contribution is 2.27. The first-order valence-corrected chi connectivity index (χ1v) is 8.31. The molecule has 132 valence electrons. The van der Waals surface area contributed by atoms with Crippen molar-refractivity contribution >= 4 is 46.3 Å². The zero-order valence-corrected chi connectivity index (χ0v) is 15.1. The summed E-state index contributed by atoms with van der Waals surface area (Å²) in [7, 11) is 0. The van der Waals surface area contributed by atoms with Crippen LogP contribution in [0, 0.1) is 12.7 Å². The average Bonchev–Trinajstić information content (AvgIpc) is 2.59. The van der Waals surface area contributed by atoms with Crippen molar-refractivity contribution in [1.29, 1.82) is 0 Å². The van der Waals surface area contributed by atoms with Gasteiger partial charge in [-0.05, 0) is 49.4 Å². The molecule has 3 aromatic rings. The van der Waals surface area contributed by atoms with E-state index in [1.165, 1.54) is 30.3 Å². The number of amides is 1. The Bertz CT molecular complexity index is 964. The molecule has 1 heterocycles. The van der Waals surface area contributed by atoms with Crippen LogP contribution in [-0.4, -0.2) is 15.9 Å². The summed E-state index contributed by atoms with van der Waals surface area (Å²) in [5.41, 5.74) is 1.22. The van der Waals surface area contributed by atoms with Crippen LogP contribution in [0.5, 0.6) is 0 Å². The van der Waals surface area contributed by atoms with Crippen molar-refractivity contribution in [2.45, 2.75) is 6.92 Å². The van der Waals surface area contributed by atoms with Gasteiger partial charge in [-0.25, -0.2) is 14.4 Å². The van der Waals surface area contributed by atoms with E-state index in [1.54, 1.807) is 25.1 Å². The molecule has 1 amide bonds. The Morgan fingerprint density at radius 1 is 1.04 bits per heavy atom. The van der Waals surface area contributed by atoms with Gasteiger partial charge < -0.3 is 10.6 Å². The number of aromatic nitrogens is 2. The predicted octanol–water partition coefficient (Wildman–Crippen LogP) is 5.23. The number of benzene rings is 2. The first-order valence-electron chi connectivity index (χ1n) is 7.55. The van der Waals surface area contributed by atoms with Crippen molar-refractivity contribution in [1.82, 2.24) is 9.97 Å². The van der Waals surface area contributed by atoms with Gasteiger partial charge in [0, 0.05) is 16.8 Å². The van der Waals surface area contributed by atoms with Crippen LogP contribution in [0.25, 0.3) is 0 Å². The Balaban J connectivity index is 1.82. The molecule has 1 aromatic heterocycles. The molecule has 0 radical (unpaired) electrons. The van der Waals surface area contributed by atoms with Gasteiger partial charge in [-0.2, -0.15) is 0 Å². The van der Waals surface area contributed by atoms with E-state index in [0.29, 0.717) is 33.1 Å². The molecule has 0 aliphatic heterocycles. The standard InChI is InChI=1S/C18H13Cl2FN4O/c1-10-22-16(18(26)24-13-5-3-12(21)4-6-13)9-17(23-10)25-15-7-2-11(19)8-14(15)20/h2-9H,1H3,(H,24,26)(H,22,23,25). The van der Waals surface area contributed by atoms with Gasteiger partial charge in [-0.1, -0.05) is 23.2 Å². The van der Waals surface area contributed by atoms with Crippen LogP contribution in [-0.2, 0) is 0 Å². The summed E-state index contributed by atoms with van der Waals surface area (Å²) >= 11 is 12.0. The average molecular weight is 391 g/mol. The van der Waals surface area contributed by atoms with Crippen molar-refractivity contribution < 1.29 is 9.18 Å². The summed E-state index contributed by atoms with van der Waals surface area (Å²) in [4.78, 5) is 20.8. The largest absolute Gasteiger partial charge is 0.339 e. The van der Waals surface area contributed by atoms with E-state index in [2.05, 4.69) is 20.6 Å². The third-order valence-electron chi connectivity index (χ3n) is 3.37. The van der Waals surface area contributed by atoms with Crippen LogP contribution in [0.3, 0.4) is 0 Å². The van der Waals surface area contributed by atoms with Gasteiger partial charge in [-0.3, -0.25) is 4.79 Å². The second kappa shape index (κ2) is 7.68. The van der Waals surface area contributed by atoms with E-state index >= 15 is 0 Å². The lowest BCUT2D eigenvalue weighted by atomic mass is 10.2. The van der Waals surface area contributed by atoms with Crippen molar-refractivity contribution in [3.8, 4) is 0 Å². The molecule has 0 saturated heterocycles. The highest BCUT2D eigenvalue weighted by Gasteiger charge is 2.12. The SMILES string of the molecule is Cc1nc(Nc2ccc(Cl)cc2Cl)cc(C(=O)Nc2ccc(F)cc2)n1. The molecule has 2 aromatic carbocycles. The fourth-order valence-electron chi connectivity index (χ4n) is 2.21. The molecule has 8 heteroatoms. The van der Waals surface area contributed by atoms with Gasteiger partial charge in [0.1, 0.15) is 23.2 Å². The third kappa shape index (κ3) is 4.47. The number of hydrogen-bond donors (Lipinski definition) is 2. The fraction of sp³-hybridized carbons (Fsp3) is 0.0556. The second-order valence-corrected chi connectivity index (χ2v) is 6.24. The second-order valence-electron chi connectivity index (χ2n) is 5.40. The van der Waals surface area contributed by atoms with E-state index in [9.17, 15) is 9.18 Å². The smallest absolute Gasteiger partial charge is 0.274 e. The number of carbonyl (C=O) groups excluding carboxylic acids is 1. The minimum atomic E-state index is -0.438. The lowest BCUT2D eigenvalue weighted by Crippen LogP contribution is -2.15. The van der Waals surface area contributed by atoms with Gasteiger partial charge in [-0.15, -0.1) is 0 Å². The number of aryl methyl sites for hydroxylation is 1. The van der Waals surface area contributed by atoms with Crippen LogP contribution < -0.4 is 10.6 Å². The van der Waals surface area contributed by atoms with Crippen LogP contribution in [0.2, 0.25) is 10.0 Å². The monoisotopic (exact) mass is 390 g/mol. The molecule has 0 fully saturated rings. The van der Waals surface area contributed by atoms with Crippen molar-refractivity contribution in [3.63, 3.8) is 0 Å². The molecule has 5 nitrogen and oxygen atoms in total. The Labute approximate surface area is 159 Å². The molecule has 0 unspecified atom stereocenters. The molecular formula is C18H13Cl2FN4O. The van der Waals surface area contributed by atoms with E-state index in [-0.39, 0.29) is 11.5 Å². The highest BCUT2D eigenvalue weighted by atomic mass is 35.5. The maximum Gasteiger partial charge on any atom is 0.274 e. The molecule has 0 saturated carbocycles. The number of nitrogens with one attached hydrogen (secondary N) is 2. The predicted molar refractivity (Wildman–Crippen MR) is 101 cm³/mol. The van der Waals surface area contributed by atoms with Crippen molar-refractivity contribution in [2.24, 2.45) is 0 Å². The molecular weight excluding hydrogens is 378 g/mol. The maximum atomic E-state index is 13.0.